The van der Waals surface area contributed by atoms with Crippen LogP contribution in [0.4, 0.5) is 0 Å². The summed E-state index contributed by atoms with van der Waals surface area (Å²) in [5, 5.41) is 3.02. The van der Waals surface area contributed by atoms with Crippen molar-refractivity contribution in [1.82, 2.24) is 10.3 Å². The molecule has 21 heavy (non-hydrogen) atoms. The number of rotatable bonds is 5. The van der Waals surface area contributed by atoms with Gasteiger partial charge in [-0.05, 0) is 30.3 Å². The van der Waals surface area contributed by atoms with Gasteiger partial charge in [0.1, 0.15) is 22.7 Å². The molecule has 1 amide bonds. The Morgan fingerprint density at radius 1 is 1.29 bits per heavy atom. The smallest absolute Gasteiger partial charge is 0.254 e. The molecule has 1 heterocycles. The summed E-state index contributed by atoms with van der Waals surface area (Å²) in [4.78, 5) is 15.7. The van der Waals surface area contributed by atoms with Crippen LogP contribution in [0.5, 0.6) is 5.75 Å². The Kier molecular flexibility index (Phi) is 5.85. The third-order valence-corrected chi connectivity index (χ3v) is 3.50. The largest absolute Gasteiger partial charge is 0.492 e. The van der Waals surface area contributed by atoms with Gasteiger partial charge >= 0.3 is 0 Å². The average molecular weight is 390 g/mol. The minimum absolute atomic E-state index is 0.0768. The lowest BCUT2D eigenvalue weighted by atomic mass is 10.2. The molecule has 4 nitrogen and oxygen atoms in total. The fourth-order valence-corrected chi connectivity index (χ4v) is 2.38. The third kappa shape index (κ3) is 4.88. The number of halogens is 3. The van der Waals surface area contributed by atoms with Gasteiger partial charge in [0.05, 0.1) is 12.1 Å². The van der Waals surface area contributed by atoms with Gasteiger partial charge in [-0.2, -0.15) is 0 Å². The van der Waals surface area contributed by atoms with Gasteiger partial charge in [-0.15, -0.1) is 0 Å². The number of hydrogen-bond donors (Lipinski definition) is 1. The van der Waals surface area contributed by atoms with Crippen molar-refractivity contribution in [2.45, 2.75) is 0 Å². The average Bonchev–Trinajstić information content (AvgIpc) is 2.43. The quantitative estimate of drug-likeness (QED) is 0.621. The van der Waals surface area contributed by atoms with E-state index in [1.807, 2.05) is 24.3 Å². The van der Waals surface area contributed by atoms with E-state index in [4.69, 9.17) is 27.9 Å². The molecule has 7 heteroatoms. The number of hydrogen-bond acceptors (Lipinski definition) is 3. The second kappa shape index (κ2) is 7.64. The number of aromatic nitrogens is 1. The van der Waals surface area contributed by atoms with Gasteiger partial charge in [0, 0.05) is 4.47 Å². The van der Waals surface area contributed by atoms with E-state index in [9.17, 15) is 4.79 Å². The second-order valence-electron chi connectivity index (χ2n) is 4.03. The fourth-order valence-electron chi connectivity index (χ4n) is 1.57. The Balaban J connectivity index is 1.82. The highest BCUT2D eigenvalue weighted by atomic mass is 79.9. The SMILES string of the molecule is O=C(NCCOc1cccc(Br)c1)c1ccc(Cl)nc1Cl. The first-order valence-corrected chi connectivity index (χ1v) is 7.60. The maximum Gasteiger partial charge on any atom is 0.254 e. The Bertz CT molecular complexity index is 653. The van der Waals surface area contributed by atoms with Crippen molar-refractivity contribution < 1.29 is 9.53 Å². The lowest BCUT2D eigenvalue weighted by molar-refractivity contribution is 0.0947. The van der Waals surface area contributed by atoms with E-state index in [1.54, 1.807) is 0 Å². The van der Waals surface area contributed by atoms with Crippen LogP contribution in [0.1, 0.15) is 10.4 Å². The second-order valence-corrected chi connectivity index (χ2v) is 5.70. The molecule has 0 atom stereocenters. The van der Waals surface area contributed by atoms with Crippen molar-refractivity contribution >= 4 is 45.0 Å². The van der Waals surface area contributed by atoms with Crippen molar-refractivity contribution in [3.63, 3.8) is 0 Å². The van der Waals surface area contributed by atoms with E-state index < -0.39 is 0 Å². The standard InChI is InChI=1S/C14H11BrCl2N2O2/c15-9-2-1-3-10(8-9)21-7-6-18-14(20)11-4-5-12(16)19-13(11)17/h1-5,8H,6-7H2,(H,18,20). The van der Waals surface area contributed by atoms with Crippen LogP contribution in [-0.2, 0) is 0 Å². The predicted molar refractivity (Wildman–Crippen MR) is 86.2 cm³/mol. The molecule has 0 fully saturated rings. The zero-order valence-corrected chi connectivity index (χ0v) is 13.9. The van der Waals surface area contributed by atoms with E-state index in [1.165, 1.54) is 12.1 Å². The number of nitrogens with one attached hydrogen (secondary N) is 1. The molecule has 2 rings (SSSR count). The molecule has 1 aromatic carbocycles. The zero-order chi connectivity index (χ0) is 15.2. The van der Waals surface area contributed by atoms with E-state index >= 15 is 0 Å². The monoisotopic (exact) mass is 388 g/mol. The van der Waals surface area contributed by atoms with Gasteiger partial charge in [-0.25, -0.2) is 4.98 Å². The number of pyridine rings is 1. The molecule has 0 aliphatic rings. The molecule has 0 aliphatic carbocycles. The third-order valence-electron chi connectivity index (χ3n) is 2.51. The van der Waals surface area contributed by atoms with Gasteiger partial charge < -0.3 is 10.1 Å². The molecule has 1 aromatic heterocycles. The van der Waals surface area contributed by atoms with E-state index in [-0.39, 0.29) is 21.8 Å². The topological polar surface area (TPSA) is 51.2 Å². The summed E-state index contributed by atoms with van der Waals surface area (Å²) in [6, 6.07) is 10.5. The molecule has 0 bridgehead atoms. The Morgan fingerprint density at radius 3 is 2.81 bits per heavy atom. The molecule has 0 radical (unpaired) electrons. The van der Waals surface area contributed by atoms with Crippen LogP contribution in [0.25, 0.3) is 0 Å². The minimum Gasteiger partial charge on any atom is -0.492 e. The molecule has 0 saturated heterocycles. The number of benzene rings is 1. The molecular formula is C14H11BrCl2N2O2. The maximum absolute atomic E-state index is 11.9. The molecule has 0 spiro atoms. The summed E-state index contributed by atoms with van der Waals surface area (Å²) in [5.41, 5.74) is 0.281. The van der Waals surface area contributed by atoms with E-state index in [2.05, 4.69) is 26.2 Å². The van der Waals surface area contributed by atoms with Gasteiger partial charge in [0.25, 0.3) is 5.91 Å². The maximum atomic E-state index is 11.9. The molecule has 0 saturated carbocycles. The summed E-state index contributed by atoms with van der Waals surface area (Å²) >= 11 is 14.9. The van der Waals surface area contributed by atoms with Crippen LogP contribution in [0.2, 0.25) is 10.3 Å². The summed E-state index contributed by atoms with van der Waals surface area (Å²) in [7, 11) is 0. The van der Waals surface area contributed by atoms with Crippen molar-refractivity contribution in [1.29, 1.82) is 0 Å². The Hall–Kier alpha value is -1.30. The summed E-state index contributed by atoms with van der Waals surface area (Å²) in [5.74, 6) is 0.409. The number of carbonyl (C=O) groups is 1. The lowest BCUT2D eigenvalue weighted by Gasteiger charge is -2.08. The van der Waals surface area contributed by atoms with E-state index in [0.717, 1.165) is 10.2 Å². The number of amides is 1. The molecule has 1 N–H and O–H groups in total. The van der Waals surface area contributed by atoms with Gasteiger partial charge in [-0.3, -0.25) is 4.79 Å². The Morgan fingerprint density at radius 2 is 2.10 bits per heavy atom. The van der Waals surface area contributed by atoms with Gasteiger partial charge in [0.2, 0.25) is 0 Å². The summed E-state index contributed by atoms with van der Waals surface area (Å²) in [6.45, 7) is 0.700. The highest BCUT2D eigenvalue weighted by Crippen LogP contribution is 2.18. The number of carbonyl (C=O) groups excluding carboxylic acids is 1. The first-order valence-electron chi connectivity index (χ1n) is 6.05. The number of nitrogens with zero attached hydrogens (tertiary/aromatic N) is 1. The highest BCUT2D eigenvalue weighted by molar-refractivity contribution is 9.10. The zero-order valence-electron chi connectivity index (χ0n) is 10.8. The first-order chi connectivity index (χ1) is 10.1. The lowest BCUT2D eigenvalue weighted by Crippen LogP contribution is -2.28. The van der Waals surface area contributed by atoms with Crippen LogP contribution >= 0.6 is 39.1 Å². The molecule has 110 valence electrons. The predicted octanol–water partition coefficient (Wildman–Crippen LogP) is 3.96. The molecule has 0 aliphatic heterocycles. The highest BCUT2D eigenvalue weighted by Gasteiger charge is 2.11. The van der Waals surface area contributed by atoms with Crippen LogP contribution in [0, 0.1) is 0 Å². The van der Waals surface area contributed by atoms with Gasteiger partial charge in [-0.1, -0.05) is 45.2 Å². The van der Waals surface area contributed by atoms with Crippen LogP contribution in [0.15, 0.2) is 40.9 Å². The van der Waals surface area contributed by atoms with Crippen molar-refractivity contribution in [2.24, 2.45) is 0 Å². The molecule has 2 aromatic rings. The molecular weight excluding hydrogens is 379 g/mol. The van der Waals surface area contributed by atoms with Crippen LogP contribution in [0.3, 0.4) is 0 Å². The summed E-state index contributed by atoms with van der Waals surface area (Å²) in [6.07, 6.45) is 0. The van der Waals surface area contributed by atoms with E-state index in [0.29, 0.717) is 13.2 Å². The van der Waals surface area contributed by atoms with Crippen LogP contribution < -0.4 is 10.1 Å². The van der Waals surface area contributed by atoms with Crippen molar-refractivity contribution in [3.05, 3.63) is 56.7 Å². The van der Waals surface area contributed by atoms with Crippen LogP contribution in [-0.4, -0.2) is 24.0 Å². The number of ether oxygens (including phenoxy) is 1. The molecule has 0 unspecified atom stereocenters. The fraction of sp³-hybridized carbons (Fsp3) is 0.143. The van der Waals surface area contributed by atoms with Gasteiger partial charge in [0.15, 0.2) is 0 Å². The van der Waals surface area contributed by atoms with Crippen molar-refractivity contribution in [2.75, 3.05) is 13.2 Å². The van der Waals surface area contributed by atoms with Crippen molar-refractivity contribution in [3.8, 4) is 5.75 Å². The normalized spacial score (nSPS) is 10.2. The Labute approximate surface area is 140 Å². The first kappa shape index (κ1) is 16.1. The minimum atomic E-state index is -0.318. The summed E-state index contributed by atoms with van der Waals surface area (Å²) < 4.78 is 6.44.